The number of aromatic amines is 1. The van der Waals surface area contributed by atoms with Crippen molar-refractivity contribution in [2.45, 2.75) is 32.4 Å². The van der Waals surface area contributed by atoms with Gasteiger partial charge in [0.05, 0.1) is 5.56 Å². The van der Waals surface area contributed by atoms with Gasteiger partial charge in [-0.15, -0.1) is 0 Å². The molecule has 0 aliphatic rings. The van der Waals surface area contributed by atoms with Gasteiger partial charge in [-0.3, -0.25) is 9.89 Å². The first kappa shape index (κ1) is 16.1. The van der Waals surface area contributed by atoms with E-state index in [1.54, 1.807) is 30.3 Å². The molecule has 1 heterocycles. The molecule has 2 aromatic rings. The van der Waals surface area contributed by atoms with Gasteiger partial charge in [0.25, 0.3) is 0 Å². The fourth-order valence-corrected chi connectivity index (χ4v) is 2.06. The smallest absolute Gasteiger partial charge is 0.309 e. The predicted octanol–water partition coefficient (Wildman–Crippen LogP) is 4.22. The van der Waals surface area contributed by atoms with E-state index < -0.39 is 11.9 Å². The summed E-state index contributed by atoms with van der Waals surface area (Å²) in [4.78, 5) is 11.8. The summed E-state index contributed by atoms with van der Waals surface area (Å²) in [5.41, 5.74) is -0.767. The van der Waals surface area contributed by atoms with Crippen LogP contribution in [0.1, 0.15) is 31.9 Å². The third-order valence-electron chi connectivity index (χ3n) is 3.13. The van der Waals surface area contributed by atoms with Gasteiger partial charge in [-0.1, -0.05) is 43.7 Å². The lowest BCUT2D eigenvalue weighted by Gasteiger charge is -2.09. The number of carbonyl (C=O) groups is 1. The summed E-state index contributed by atoms with van der Waals surface area (Å²) < 4.78 is 39.3. The highest BCUT2D eigenvalue weighted by Crippen LogP contribution is 2.39. The molecule has 2 rings (SSSR count). The van der Waals surface area contributed by atoms with Crippen molar-refractivity contribution < 1.29 is 18.0 Å². The Bertz CT molecular complexity index is 635. The normalized spacial score (nSPS) is 11.5. The van der Waals surface area contributed by atoms with Crippen molar-refractivity contribution in [1.82, 2.24) is 10.2 Å². The molecule has 7 heteroatoms. The number of hydrogen-bond donors (Lipinski definition) is 2. The van der Waals surface area contributed by atoms with E-state index in [0.717, 1.165) is 6.42 Å². The van der Waals surface area contributed by atoms with E-state index in [1.807, 2.05) is 12.0 Å². The Labute approximate surface area is 125 Å². The summed E-state index contributed by atoms with van der Waals surface area (Å²) in [6, 6.07) is 8.05. The highest BCUT2D eigenvalue weighted by molar-refractivity contribution is 5.94. The number of halogens is 3. The third-order valence-corrected chi connectivity index (χ3v) is 3.13. The lowest BCUT2D eigenvalue weighted by Crippen LogP contribution is -2.12. The van der Waals surface area contributed by atoms with Gasteiger partial charge in [0.1, 0.15) is 5.69 Å². The molecule has 1 aromatic heterocycles. The molecular formula is C15H16F3N3O. The second-order valence-corrected chi connectivity index (χ2v) is 4.84. The van der Waals surface area contributed by atoms with Gasteiger partial charge in [-0.2, -0.15) is 18.3 Å². The number of rotatable bonds is 5. The Hall–Kier alpha value is -2.31. The molecule has 0 atom stereocenters. The Balaban J connectivity index is 2.39. The molecule has 0 unspecified atom stereocenters. The first-order valence-corrected chi connectivity index (χ1v) is 6.94. The van der Waals surface area contributed by atoms with Gasteiger partial charge >= 0.3 is 6.18 Å². The molecule has 0 saturated heterocycles. The second-order valence-electron chi connectivity index (χ2n) is 4.84. The third kappa shape index (κ3) is 3.66. The van der Waals surface area contributed by atoms with Crippen LogP contribution in [0.25, 0.3) is 11.1 Å². The molecule has 22 heavy (non-hydrogen) atoms. The minimum Gasteiger partial charge on any atom is -0.309 e. The van der Waals surface area contributed by atoms with Gasteiger partial charge < -0.3 is 5.32 Å². The van der Waals surface area contributed by atoms with Crippen molar-refractivity contribution in [2.24, 2.45) is 0 Å². The van der Waals surface area contributed by atoms with Crippen LogP contribution in [0.15, 0.2) is 30.3 Å². The molecule has 0 saturated carbocycles. The van der Waals surface area contributed by atoms with Crippen LogP contribution < -0.4 is 5.32 Å². The summed E-state index contributed by atoms with van der Waals surface area (Å²) in [5, 5.41) is 8.07. The van der Waals surface area contributed by atoms with Crippen LogP contribution in [0, 0.1) is 0 Å². The van der Waals surface area contributed by atoms with E-state index in [9.17, 15) is 18.0 Å². The summed E-state index contributed by atoms with van der Waals surface area (Å²) in [7, 11) is 0. The number of carbonyl (C=O) groups excluding carboxylic acids is 1. The molecule has 4 nitrogen and oxygen atoms in total. The fraction of sp³-hybridized carbons (Fsp3) is 0.333. The number of nitrogens with one attached hydrogen (secondary N) is 2. The molecule has 0 bridgehead atoms. The molecule has 0 aliphatic carbocycles. The van der Waals surface area contributed by atoms with Gasteiger partial charge in [0, 0.05) is 6.42 Å². The minimum atomic E-state index is -4.58. The zero-order valence-electron chi connectivity index (χ0n) is 12.0. The zero-order valence-corrected chi connectivity index (χ0v) is 12.0. The van der Waals surface area contributed by atoms with Gasteiger partial charge in [-0.05, 0) is 12.0 Å². The van der Waals surface area contributed by atoms with Crippen molar-refractivity contribution in [1.29, 1.82) is 0 Å². The van der Waals surface area contributed by atoms with Crippen molar-refractivity contribution in [2.75, 3.05) is 5.32 Å². The van der Waals surface area contributed by atoms with Crippen LogP contribution in [0.2, 0.25) is 0 Å². The number of alkyl halides is 3. The van der Waals surface area contributed by atoms with E-state index in [4.69, 9.17) is 0 Å². The van der Waals surface area contributed by atoms with E-state index in [2.05, 4.69) is 10.4 Å². The van der Waals surface area contributed by atoms with Crippen molar-refractivity contribution >= 4 is 11.7 Å². The van der Waals surface area contributed by atoms with Crippen LogP contribution in [-0.4, -0.2) is 16.1 Å². The van der Waals surface area contributed by atoms with E-state index in [-0.39, 0.29) is 23.7 Å². The Morgan fingerprint density at radius 1 is 1.27 bits per heavy atom. The lowest BCUT2D eigenvalue weighted by molar-refractivity contribution is -0.140. The van der Waals surface area contributed by atoms with Crippen molar-refractivity contribution in [3.05, 3.63) is 36.0 Å². The molecule has 0 aliphatic heterocycles. The lowest BCUT2D eigenvalue weighted by atomic mass is 10.0. The average Bonchev–Trinajstić information content (AvgIpc) is 2.89. The number of hydrogen-bond acceptors (Lipinski definition) is 2. The van der Waals surface area contributed by atoms with E-state index in [0.29, 0.717) is 12.0 Å². The number of unbranched alkanes of at least 4 members (excludes halogenated alkanes) is 1. The van der Waals surface area contributed by atoms with Gasteiger partial charge in [0.2, 0.25) is 5.91 Å². The second kappa shape index (κ2) is 6.64. The van der Waals surface area contributed by atoms with Crippen LogP contribution in [-0.2, 0) is 11.0 Å². The quantitative estimate of drug-likeness (QED) is 0.868. The summed E-state index contributed by atoms with van der Waals surface area (Å²) in [6.45, 7) is 1.93. The minimum absolute atomic E-state index is 0.0976. The van der Waals surface area contributed by atoms with Crippen molar-refractivity contribution in [3.8, 4) is 11.1 Å². The summed E-state index contributed by atoms with van der Waals surface area (Å²) >= 11 is 0. The molecule has 118 valence electrons. The number of H-pyrrole nitrogens is 1. The number of nitrogens with zero attached hydrogens (tertiary/aromatic N) is 1. The first-order chi connectivity index (χ1) is 10.4. The predicted molar refractivity (Wildman–Crippen MR) is 77.2 cm³/mol. The molecule has 0 radical (unpaired) electrons. The van der Waals surface area contributed by atoms with Gasteiger partial charge in [0.15, 0.2) is 5.82 Å². The SMILES string of the molecule is CCCCC(=O)Nc1n[nH]c(C(F)(F)F)c1-c1ccccc1. The standard InChI is InChI=1S/C15H16F3N3O/c1-2-3-9-11(22)19-14-12(10-7-5-4-6-8-10)13(20-21-14)15(16,17)18/h4-8H,2-3,9H2,1H3,(H2,19,20,21,22). The molecule has 2 N–H and O–H groups in total. The van der Waals surface area contributed by atoms with Gasteiger partial charge in [-0.25, -0.2) is 0 Å². The van der Waals surface area contributed by atoms with Crippen molar-refractivity contribution in [3.63, 3.8) is 0 Å². The Morgan fingerprint density at radius 2 is 1.95 bits per heavy atom. The van der Waals surface area contributed by atoms with Crippen LogP contribution in [0.5, 0.6) is 0 Å². The zero-order chi connectivity index (χ0) is 16.2. The van der Waals surface area contributed by atoms with E-state index in [1.165, 1.54) is 0 Å². The van der Waals surface area contributed by atoms with Crippen LogP contribution in [0.4, 0.5) is 19.0 Å². The Morgan fingerprint density at radius 3 is 2.55 bits per heavy atom. The maximum atomic E-state index is 13.1. The highest BCUT2D eigenvalue weighted by Gasteiger charge is 2.38. The number of benzene rings is 1. The average molecular weight is 311 g/mol. The topological polar surface area (TPSA) is 57.8 Å². The highest BCUT2D eigenvalue weighted by atomic mass is 19.4. The number of anilines is 1. The summed E-state index contributed by atoms with van der Waals surface area (Å²) in [5.74, 6) is -0.445. The maximum absolute atomic E-state index is 13.1. The number of amides is 1. The monoisotopic (exact) mass is 311 g/mol. The number of aromatic nitrogens is 2. The summed E-state index contributed by atoms with van der Waals surface area (Å²) in [6.07, 6.45) is -2.83. The van der Waals surface area contributed by atoms with Crippen LogP contribution >= 0.6 is 0 Å². The van der Waals surface area contributed by atoms with E-state index >= 15 is 0 Å². The Kier molecular flexibility index (Phi) is 4.85. The molecule has 0 fully saturated rings. The molecular weight excluding hydrogens is 295 g/mol. The fourth-order valence-electron chi connectivity index (χ4n) is 2.06. The molecule has 1 aromatic carbocycles. The molecule has 0 spiro atoms. The molecule has 1 amide bonds. The largest absolute Gasteiger partial charge is 0.433 e. The first-order valence-electron chi connectivity index (χ1n) is 6.94. The maximum Gasteiger partial charge on any atom is 0.433 e. The van der Waals surface area contributed by atoms with Crippen LogP contribution in [0.3, 0.4) is 0 Å².